The first-order valence-electron chi connectivity index (χ1n) is 3.80. The monoisotopic (exact) mass is 132 g/mol. The van der Waals surface area contributed by atoms with E-state index in [9.17, 15) is 0 Å². The van der Waals surface area contributed by atoms with Crippen LogP contribution in [0.4, 0.5) is 0 Å². The molecule has 0 saturated carbocycles. The smallest absolute Gasteiger partial charge is 0.0350 e. The summed E-state index contributed by atoms with van der Waals surface area (Å²) >= 11 is 0. The largest absolute Gasteiger partial charge is 0.264 e. The van der Waals surface area contributed by atoms with Gasteiger partial charge >= 0.3 is 0 Å². The first-order valence-corrected chi connectivity index (χ1v) is 3.80. The summed E-state index contributed by atoms with van der Waals surface area (Å²) < 4.78 is 0. The van der Waals surface area contributed by atoms with Gasteiger partial charge in [-0.2, -0.15) is 0 Å². The van der Waals surface area contributed by atoms with Gasteiger partial charge in [0.15, 0.2) is 0 Å². The van der Waals surface area contributed by atoms with Crippen LogP contribution in [0.5, 0.6) is 0 Å². The number of aryl methyl sites for hydroxylation is 2. The number of hydrogen-bond acceptors (Lipinski definition) is 1. The summed E-state index contributed by atoms with van der Waals surface area (Å²) in [6.45, 7) is 0. The molecule has 1 radical (unpaired) electrons. The molecule has 0 bridgehead atoms. The van der Waals surface area contributed by atoms with Crippen molar-refractivity contribution in [2.24, 2.45) is 0 Å². The molecule has 1 heterocycles. The van der Waals surface area contributed by atoms with E-state index >= 15 is 0 Å². The first-order chi connectivity index (χ1) is 4.97. The maximum atomic E-state index is 4.04. The van der Waals surface area contributed by atoms with Gasteiger partial charge in [0, 0.05) is 18.5 Å². The Morgan fingerprint density at radius 2 is 2.20 bits per heavy atom. The van der Waals surface area contributed by atoms with Crippen molar-refractivity contribution in [1.82, 2.24) is 4.98 Å². The molecule has 1 aromatic rings. The van der Waals surface area contributed by atoms with Crippen LogP contribution in [0.1, 0.15) is 24.0 Å². The molecule has 10 heavy (non-hydrogen) atoms. The lowest BCUT2D eigenvalue weighted by Gasteiger charge is -2.12. The van der Waals surface area contributed by atoms with Crippen molar-refractivity contribution in [3.8, 4) is 0 Å². The molecule has 0 amide bonds. The summed E-state index contributed by atoms with van der Waals surface area (Å²) in [4.78, 5) is 4.04. The van der Waals surface area contributed by atoms with Crippen LogP contribution in [0.15, 0.2) is 12.4 Å². The summed E-state index contributed by atoms with van der Waals surface area (Å²) in [5.41, 5.74) is 2.80. The highest BCUT2D eigenvalue weighted by Crippen LogP contribution is 2.18. The number of pyridine rings is 1. The van der Waals surface area contributed by atoms with Crippen LogP contribution in [0, 0.1) is 6.07 Å². The van der Waals surface area contributed by atoms with E-state index in [1.54, 1.807) is 6.20 Å². The van der Waals surface area contributed by atoms with Crippen molar-refractivity contribution in [2.45, 2.75) is 25.7 Å². The molecule has 1 aliphatic carbocycles. The van der Waals surface area contributed by atoms with Gasteiger partial charge in [-0.05, 0) is 36.8 Å². The maximum Gasteiger partial charge on any atom is 0.0350 e. The van der Waals surface area contributed by atoms with E-state index in [1.165, 1.54) is 36.8 Å². The number of aromatic nitrogens is 1. The van der Waals surface area contributed by atoms with E-state index < -0.39 is 0 Å². The van der Waals surface area contributed by atoms with Crippen LogP contribution in [-0.2, 0) is 12.8 Å². The van der Waals surface area contributed by atoms with Crippen molar-refractivity contribution in [2.75, 3.05) is 0 Å². The lowest BCUT2D eigenvalue weighted by atomic mass is 9.94. The molecule has 0 atom stereocenters. The van der Waals surface area contributed by atoms with Crippen LogP contribution in [0.25, 0.3) is 0 Å². The number of fused-ring (bicyclic) bond motifs is 1. The zero-order valence-electron chi connectivity index (χ0n) is 5.93. The molecule has 1 aromatic heterocycles. The van der Waals surface area contributed by atoms with Crippen molar-refractivity contribution in [1.29, 1.82) is 0 Å². The van der Waals surface area contributed by atoms with Crippen LogP contribution in [0.2, 0.25) is 0 Å². The summed E-state index contributed by atoms with van der Waals surface area (Å²) in [5.74, 6) is 0. The molecule has 0 unspecified atom stereocenters. The van der Waals surface area contributed by atoms with Crippen molar-refractivity contribution >= 4 is 0 Å². The Balaban J connectivity index is 2.41. The predicted molar refractivity (Wildman–Crippen MR) is 39.7 cm³/mol. The quantitative estimate of drug-likeness (QED) is 0.524. The Morgan fingerprint density at radius 1 is 1.30 bits per heavy atom. The highest BCUT2D eigenvalue weighted by molar-refractivity contribution is 5.24. The molecule has 0 aromatic carbocycles. The number of rotatable bonds is 0. The van der Waals surface area contributed by atoms with Crippen molar-refractivity contribution in [3.05, 3.63) is 29.6 Å². The summed E-state index contributed by atoms with van der Waals surface area (Å²) in [6, 6.07) is 3.18. The van der Waals surface area contributed by atoms with E-state index in [4.69, 9.17) is 0 Å². The predicted octanol–water partition coefficient (Wildman–Crippen LogP) is 1.76. The lowest BCUT2D eigenvalue weighted by molar-refractivity contribution is 0.681. The highest BCUT2D eigenvalue weighted by Gasteiger charge is 2.07. The SMILES string of the molecule is [c]1cncc2c1CCCC2. The van der Waals surface area contributed by atoms with Gasteiger partial charge in [0.25, 0.3) is 0 Å². The Labute approximate surface area is 61.1 Å². The Kier molecular flexibility index (Phi) is 1.42. The fourth-order valence-electron chi connectivity index (χ4n) is 1.48. The third-order valence-electron chi connectivity index (χ3n) is 2.05. The summed E-state index contributed by atoms with van der Waals surface area (Å²) in [5, 5.41) is 0. The highest BCUT2D eigenvalue weighted by atomic mass is 14.6. The van der Waals surface area contributed by atoms with Gasteiger partial charge in [0.05, 0.1) is 0 Å². The minimum Gasteiger partial charge on any atom is -0.264 e. The fraction of sp³-hybridized carbons (Fsp3) is 0.444. The average Bonchev–Trinajstić information content (AvgIpc) is 2.05. The molecule has 2 rings (SSSR count). The summed E-state index contributed by atoms with van der Waals surface area (Å²) in [7, 11) is 0. The lowest BCUT2D eigenvalue weighted by Crippen LogP contribution is -2.02. The van der Waals surface area contributed by atoms with Gasteiger partial charge < -0.3 is 0 Å². The molecular formula is C9H10N. The molecule has 1 heteroatoms. The number of hydrogen-bond donors (Lipinski definition) is 0. The maximum absolute atomic E-state index is 4.04. The van der Waals surface area contributed by atoms with Crippen molar-refractivity contribution in [3.63, 3.8) is 0 Å². The standard InChI is InChI=1S/C9H10N/c1-2-4-9-7-10-6-5-8(9)3-1/h6-7H,1-4H2. The zero-order chi connectivity index (χ0) is 6.81. The molecule has 1 nitrogen and oxygen atoms in total. The molecular weight excluding hydrogens is 122 g/mol. The second-order valence-corrected chi connectivity index (χ2v) is 2.76. The van der Waals surface area contributed by atoms with Gasteiger partial charge in [0.1, 0.15) is 0 Å². The second-order valence-electron chi connectivity index (χ2n) is 2.76. The topological polar surface area (TPSA) is 12.9 Å². The van der Waals surface area contributed by atoms with Crippen LogP contribution in [-0.4, -0.2) is 4.98 Å². The minimum atomic E-state index is 1.21. The minimum absolute atomic E-state index is 1.21. The van der Waals surface area contributed by atoms with E-state index in [0.29, 0.717) is 0 Å². The van der Waals surface area contributed by atoms with E-state index in [-0.39, 0.29) is 0 Å². The molecule has 0 N–H and O–H groups in total. The zero-order valence-corrected chi connectivity index (χ0v) is 5.93. The number of nitrogens with zero attached hydrogens (tertiary/aromatic N) is 1. The third kappa shape index (κ3) is 0.919. The van der Waals surface area contributed by atoms with E-state index in [1.807, 2.05) is 6.20 Å². The fourth-order valence-corrected chi connectivity index (χ4v) is 1.48. The van der Waals surface area contributed by atoms with E-state index in [2.05, 4.69) is 11.1 Å². The molecule has 0 spiro atoms. The van der Waals surface area contributed by atoms with Gasteiger partial charge in [-0.25, -0.2) is 0 Å². The second kappa shape index (κ2) is 2.41. The Morgan fingerprint density at radius 3 is 3.10 bits per heavy atom. The van der Waals surface area contributed by atoms with Crippen LogP contribution >= 0.6 is 0 Å². The molecule has 0 saturated heterocycles. The van der Waals surface area contributed by atoms with E-state index in [0.717, 1.165) is 0 Å². The third-order valence-corrected chi connectivity index (χ3v) is 2.05. The first kappa shape index (κ1) is 5.90. The molecule has 0 fully saturated rings. The molecule has 0 aliphatic heterocycles. The Bertz CT molecular complexity index is 205. The van der Waals surface area contributed by atoms with Gasteiger partial charge in [-0.15, -0.1) is 0 Å². The molecule has 51 valence electrons. The van der Waals surface area contributed by atoms with Crippen LogP contribution in [0.3, 0.4) is 0 Å². The molecule has 1 aliphatic rings. The average molecular weight is 132 g/mol. The van der Waals surface area contributed by atoms with Gasteiger partial charge in [-0.1, -0.05) is 0 Å². The Hall–Kier alpha value is -0.850. The van der Waals surface area contributed by atoms with Crippen molar-refractivity contribution < 1.29 is 0 Å². The summed E-state index contributed by atoms with van der Waals surface area (Å²) in [6.07, 6.45) is 8.81. The normalized spacial score (nSPS) is 16.4. The van der Waals surface area contributed by atoms with Crippen LogP contribution < -0.4 is 0 Å². The van der Waals surface area contributed by atoms with Gasteiger partial charge in [-0.3, -0.25) is 4.98 Å². The van der Waals surface area contributed by atoms with Gasteiger partial charge in [0.2, 0.25) is 0 Å².